The van der Waals surface area contributed by atoms with Gasteiger partial charge in [-0.25, -0.2) is 0 Å². The predicted molar refractivity (Wildman–Crippen MR) is 112 cm³/mol. The first-order chi connectivity index (χ1) is 11.6. The van der Waals surface area contributed by atoms with Crippen molar-refractivity contribution in [1.82, 2.24) is 10.6 Å². The fourth-order valence-corrected chi connectivity index (χ4v) is 2.48. The predicted octanol–water partition coefficient (Wildman–Crippen LogP) is 2.55. The minimum absolute atomic E-state index is 0. The first-order valence-electron chi connectivity index (χ1n) is 8.49. The summed E-state index contributed by atoms with van der Waals surface area (Å²) in [5.41, 5.74) is 1.12. The van der Waals surface area contributed by atoms with Crippen molar-refractivity contribution in [2.24, 2.45) is 4.99 Å². The van der Waals surface area contributed by atoms with E-state index < -0.39 is 0 Å². The molecule has 0 saturated carbocycles. The zero-order valence-corrected chi connectivity index (χ0v) is 17.9. The molecule has 1 aromatic carbocycles. The van der Waals surface area contributed by atoms with E-state index in [-0.39, 0.29) is 29.4 Å². The number of benzene rings is 1. The fraction of sp³-hybridized carbons (Fsp3) is 0.611. The summed E-state index contributed by atoms with van der Waals surface area (Å²) in [6, 6.07) is 6.16. The number of halogens is 1. The number of nitrogens with one attached hydrogen (secondary N) is 2. The molecule has 25 heavy (non-hydrogen) atoms. The lowest BCUT2D eigenvalue weighted by Gasteiger charge is -2.28. The Hall–Kier alpha value is -1.22. The lowest BCUT2D eigenvalue weighted by atomic mass is 9.84. The highest BCUT2D eigenvalue weighted by Crippen LogP contribution is 2.34. The van der Waals surface area contributed by atoms with E-state index in [4.69, 9.17) is 14.2 Å². The molecule has 7 heteroatoms. The number of nitrogens with zero attached hydrogens (tertiary/aromatic N) is 1. The molecule has 0 bridgehead atoms. The quantitative estimate of drug-likeness (QED) is 0.282. The van der Waals surface area contributed by atoms with Crippen LogP contribution >= 0.6 is 24.0 Å². The van der Waals surface area contributed by atoms with Gasteiger partial charge in [-0.1, -0.05) is 19.9 Å². The third kappa shape index (κ3) is 6.54. The Morgan fingerprint density at radius 1 is 1.20 bits per heavy atom. The molecule has 1 aliphatic heterocycles. The molecule has 0 amide bonds. The summed E-state index contributed by atoms with van der Waals surface area (Å²) in [4.78, 5) is 4.25. The molecule has 0 fully saturated rings. The zero-order chi connectivity index (χ0) is 17.4. The zero-order valence-electron chi connectivity index (χ0n) is 15.6. The van der Waals surface area contributed by atoms with Crippen LogP contribution in [0.25, 0.3) is 0 Å². The second kappa shape index (κ2) is 10.7. The van der Waals surface area contributed by atoms with Gasteiger partial charge in [-0.3, -0.25) is 4.99 Å². The molecule has 1 aromatic rings. The van der Waals surface area contributed by atoms with Gasteiger partial charge in [-0.05, 0) is 24.6 Å². The largest absolute Gasteiger partial charge is 0.486 e. The third-order valence-corrected chi connectivity index (χ3v) is 3.99. The lowest BCUT2D eigenvalue weighted by Crippen LogP contribution is -2.44. The van der Waals surface area contributed by atoms with Crippen molar-refractivity contribution in [1.29, 1.82) is 0 Å². The molecule has 0 unspecified atom stereocenters. The monoisotopic (exact) mass is 463 g/mol. The van der Waals surface area contributed by atoms with Crippen molar-refractivity contribution in [3.8, 4) is 11.5 Å². The van der Waals surface area contributed by atoms with Crippen LogP contribution in [0.5, 0.6) is 11.5 Å². The number of aliphatic imine (C=N–C) groups is 1. The molecule has 1 heterocycles. The number of ether oxygens (including phenoxy) is 3. The maximum absolute atomic E-state index is 5.69. The summed E-state index contributed by atoms with van der Waals surface area (Å²) in [6.45, 7) is 10.5. The minimum atomic E-state index is -0.0760. The van der Waals surface area contributed by atoms with E-state index in [1.54, 1.807) is 7.05 Å². The molecular weight excluding hydrogens is 433 g/mol. The summed E-state index contributed by atoms with van der Waals surface area (Å²) < 4.78 is 16.6. The molecular formula is C18H30IN3O3. The van der Waals surface area contributed by atoms with Gasteiger partial charge in [0, 0.05) is 32.2 Å². The highest BCUT2D eigenvalue weighted by atomic mass is 127. The van der Waals surface area contributed by atoms with Crippen LogP contribution in [-0.4, -0.2) is 52.5 Å². The molecule has 0 aromatic heterocycles. The Kier molecular flexibility index (Phi) is 9.34. The summed E-state index contributed by atoms with van der Waals surface area (Å²) in [5.74, 6) is 2.42. The first kappa shape index (κ1) is 21.8. The van der Waals surface area contributed by atoms with Crippen molar-refractivity contribution in [3.63, 3.8) is 0 Å². The third-order valence-electron chi connectivity index (χ3n) is 3.99. The number of guanidine groups is 1. The summed E-state index contributed by atoms with van der Waals surface area (Å²) in [5, 5.41) is 6.62. The molecule has 0 radical (unpaired) electrons. The van der Waals surface area contributed by atoms with Gasteiger partial charge in [0.1, 0.15) is 13.2 Å². The number of fused-ring (bicyclic) bond motifs is 1. The van der Waals surface area contributed by atoms with Crippen LogP contribution in [-0.2, 0) is 10.2 Å². The number of hydrogen-bond acceptors (Lipinski definition) is 4. The van der Waals surface area contributed by atoms with E-state index in [1.807, 2.05) is 13.0 Å². The van der Waals surface area contributed by atoms with Crippen LogP contribution in [0, 0.1) is 0 Å². The topological polar surface area (TPSA) is 64.1 Å². The highest BCUT2D eigenvalue weighted by molar-refractivity contribution is 14.0. The Balaban J connectivity index is 0.00000312. The molecule has 0 spiro atoms. The van der Waals surface area contributed by atoms with Crippen molar-refractivity contribution >= 4 is 29.9 Å². The van der Waals surface area contributed by atoms with Crippen molar-refractivity contribution < 1.29 is 14.2 Å². The molecule has 142 valence electrons. The maximum Gasteiger partial charge on any atom is 0.191 e. The highest BCUT2D eigenvalue weighted by Gasteiger charge is 2.23. The van der Waals surface area contributed by atoms with Gasteiger partial charge in [0.15, 0.2) is 17.5 Å². The van der Waals surface area contributed by atoms with E-state index in [0.29, 0.717) is 19.8 Å². The van der Waals surface area contributed by atoms with Crippen LogP contribution in [0.1, 0.15) is 26.3 Å². The van der Waals surface area contributed by atoms with Crippen molar-refractivity contribution in [2.75, 3.05) is 46.6 Å². The van der Waals surface area contributed by atoms with Gasteiger partial charge in [0.05, 0.1) is 6.61 Å². The van der Waals surface area contributed by atoms with E-state index in [1.165, 1.54) is 5.56 Å². The summed E-state index contributed by atoms with van der Waals surface area (Å²) >= 11 is 0. The molecule has 0 atom stereocenters. The van der Waals surface area contributed by atoms with Gasteiger partial charge in [-0.15, -0.1) is 24.0 Å². The smallest absolute Gasteiger partial charge is 0.191 e. The van der Waals surface area contributed by atoms with Crippen LogP contribution in [0.4, 0.5) is 0 Å². The summed E-state index contributed by atoms with van der Waals surface area (Å²) in [7, 11) is 1.77. The SMILES string of the molecule is CCOCCNC(=NC)NCC(C)(C)c1ccc2c(c1)OCCO2.I. The normalized spacial score (nSPS) is 13.8. The summed E-state index contributed by atoms with van der Waals surface area (Å²) in [6.07, 6.45) is 0. The van der Waals surface area contributed by atoms with E-state index in [9.17, 15) is 0 Å². The van der Waals surface area contributed by atoms with Gasteiger partial charge in [0.2, 0.25) is 0 Å². The van der Waals surface area contributed by atoms with Crippen LogP contribution in [0.3, 0.4) is 0 Å². The number of hydrogen-bond donors (Lipinski definition) is 2. The van der Waals surface area contributed by atoms with Crippen LogP contribution in [0.2, 0.25) is 0 Å². The standard InChI is InChI=1S/C18H29N3O3.HI/c1-5-22-9-8-20-17(19-4)21-13-18(2,3)14-6-7-15-16(12-14)24-11-10-23-15;/h6-7,12H,5,8-11,13H2,1-4H3,(H2,19,20,21);1H. The van der Waals surface area contributed by atoms with E-state index in [2.05, 4.69) is 41.6 Å². The molecule has 6 nitrogen and oxygen atoms in total. The Bertz CT molecular complexity index is 564. The average Bonchev–Trinajstić information content (AvgIpc) is 2.60. The van der Waals surface area contributed by atoms with Gasteiger partial charge >= 0.3 is 0 Å². The molecule has 1 aliphatic rings. The van der Waals surface area contributed by atoms with Crippen LogP contribution in [0.15, 0.2) is 23.2 Å². The molecule has 0 aliphatic carbocycles. The van der Waals surface area contributed by atoms with Crippen molar-refractivity contribution in [3.05, 3.63) is 23.8 Å². The van der Waals surface area contributed by atoms with Gasteiger partial charge < -0.3 is 24.8 Å². The average molecular weight is 463 g/mol. The Morgan fingerprint density at radius 2 is 1.92 bits per heavy atom. The van der Waals surface area contributed by atoms with E-state index >= 15 is 0 Å². The lowest BCUT2D eigenvalue weighted by molar-refractivity contribution is 0.152. The van der Waals surface area contributed by atoms with Crippen LogP contribution < -0.4 is 20.1 Å². The maximum atomic E-state index is 5.69. The van der Waals surface area contributed by atoms with Crippen molar-refractivity contribution in [2.45, 2.75) is 26.2 Å². The molecule has 0 saturated heterocycles. The Labute approximate surface area is 167 Å². The van der Waals surface area contributed by atoms with Gasteiger partial charge in [0.25, 0.3) is 0 Å². The molecule has 2 rings (SSSR count). The minimum Gasteiger partial charge on any atom is -0.486 e. The first-order valence-corrected chi connectivity index (χ1v) is 8.49. The molecule has 2 N–H and O–H groups in total. The van der Waals surface area contributed by atoms with Gasteiger partial charge in [-0.2, -0.15) is 0 Å². The fourth-order valence-electron chi connectivity index (χ4n) is 2.48. The van der Waals surface area contributed by atoms with E-state index in [0.717, 1.165) is 37.2 Å². The second-order valence-corrected chi connectivity index (χ2v) is 6.29. The second-order valence-electron chi connectivity index (χ2n) is 6.29. The Morgan fingerprint density at radius 3 is 2.60 bits per heavy atom. The number of rotatable bonds is 7.